The van der Waals surface area contributed by atoms with Crippen LogP contribution in [0.15, 0.2) is 23.0 Å². The number of carbonyl (C=O) groups excluding carboxylic acids is 3. The van der Waals surface area contributed by atoms with Gasteiger partial charge < -0.3 is 28.5 Å². The minimum atomic E-state index is -1.36. The first-order valence-electron chi connectivity index (χ1n) is 15.4. The van der Waals surface area contributed by atoms with Crippen molar-refractivity contribution in [2.24, 2.45) is 39.9 Å². The van der Waals surface area contributed by atoms with E-state index in [-0.39, 0.29) is 30.7 Å². The van der Waals surface area contributed by atoms with Gasteiger partial charge in [-0.3, -0.25) is 9.59 Å². The van der Waals surface area contributed by atoms with Gasteiger partial charge in [0.25, 0.3) is 0 Å². The lowest BCUT2D eigenvalue weighted by atomic mass is 9.36. The van der Waals surface area contributed by atoms with E-state index in [0.717, 1.165) is 31.2 Å². The average molecular weight is 569 g/mol. The van der Waals surface area contributed by atoms with Gasteiger partial charge in [-0.05, 0) is 55.9 Å². The molecule has 222 valence electrons. The molecule has 4 aliphatic heterocycles. The van der Waals surface area contributed by atoms with Gasteiger partial charge in [0.1, 0.15) is 24.4 Å². The highest BCUT2D eigenvalue weighted by atomic mass is 16.7. The lowest BCUT2D eigenvalue weighted by molar-refractivity contribution is -0.252. The number of aliphatic hydroxyl groups is 1. The van der Waals surface area contributed by atoms with E-state index in [4.69, 9.17) is 23.4 Å². The molecule has 3 aliphatic carbocycles. The van der Waals surface area contributed by atoms with Crippen LogP contribution in [0.3, 0.4) is 0 Å². The Labute approximate surface area is 239 Å². The number of aliphatic hydroxyl groups excluding tert-OH is 1. The van der Waals surface area contributed by atoms with Crippen molar-refractivity contribution in [1.82, 2.24) is 0 Å². The second-order valence-electron chi connectivity index (χ2n) is 14.9. The summed E-state index contributed by atoms with van der Waals surface area (Å²) in [4.78, 5) is 41.0. The molecule has 5 heterocycles. The summed E-state index contributed by atoms with van der Waals surface area (Å²) in [5.41, 5.74) is -3.75. The molecule has 8 rings (SSSR count). The Morgan fingerprint density at radius 3 is 2.59 bits per heavy atom. The summed E-state index contributed by atoms with van der Waals surface area (Å²) < 4.78 is 30.7. The van der Waals surface area contributed by atoms with Crippen LogP contribution >= 0.6 is 0 Å². The Morgan fingerprint density at radius 1 is 1.05 bits per heavy atom. The van der Waals surface area contributed by atoms with Crippen LogP contribution in [-0.2, 0) is 33.3 Å². The van der Waals surface area contributed by atoms with Crippen molar-refractivity contribution in [2.45, 2.75) is 108 Å². The highest BCUT2D eigenvalue weighted by molar-refractivity contribution is 5.92. The zero-order valence-corrected chi connectivity index (χ0v) is 24.2. The van der Waals surface area contributed by atoms with Crippen molar-refractivity contribution >= 4 is 17.7 Å². The van der Waals surface area contributed by atoms with Gasteiger partial charge in [0.05, 0.1) is 36.6 Å². The van der Waals surface area contributed by atoms with Crippen LogP contribution in [0.5, 0.6) is 0 Å². The molecule has 7 aliphatic rings. The zero-order valence-electron chi connectivity index (χ0n) is 24.2. The molecular formula is C32H40O9. The predicted octanol–water partition coefficient (Wildman–Crippen LogP) is 3.91. The van der Waals surface area contributed by atoms with Crippen molar-refractivity contribution < 1.29 is 42.9 Å². The maximum absolute atomic E-state index is 14.8. The molecule has 9 nitrogen and oxygen atoms in total. The van der Waals surface area contributed by atoms with Crippen LogP contribution < -0.4 is 0 Å². The number of furan rings is 1. The number of ketones is 1. The molecule has 0 aromatic carbocycles. The SMILES string of the molecule is CC(C)[C@H]1CCC[C@@]2(C1)O[C@H]1CC(=O)OC[C@@]13[C@H]1CC[C@]4(C)[C@H](c5ccoc5)OC(=O)[C@H]5O[C@@]54[C@@]1(C)[C@H](O)C(=O)[C@@H]23. The summed E-state index contributed by atoms with van der Waals surface area (Å²) in [5, 5.41) is 12.3. The van der Waals surface area contributed by atoms with Crippen LogP contribution in [-0.4, -0.2) is 58.9 Å². The van der Waals surface area contributed by atoms with E-state index in [0.29, 0.717) is 24.7 Å². The fraction of sp³-hybridized carbons (Fsp3) is 0.781. The molecule has 4 saturated heterocycles. The van der Waals surface area contributed by atoms with E-state index < -0.39 is 63.8 Å². The van der Waals surface area contributed by atoms with E-state index in [1.165, 1.54) is 0 Å². The molecule has 41 heavy (non-hydrogen) atoms. The molecule has 1 aromatic heterocycles. The molecular weight excluding hydrogens is 528 g/mol. The first-order valence-corrected chi connectivity index (χ1v) is 15.4. The fourth-order valence-corrected chi connectivity index (χ4v) is 11.4. The number of epoxide rings is 1. The highest BCUT2D eigenvalue weighted by Crippen LogP contribution is 2.80. The number of rotatable bonds is 2. The van der Waals surface area contributed by atoms with Gasteiger partial charge in [-0.25, -0.2) is 4.79 Å². The number of ether oxygens (including phenoxy) is 4. The second-order valence-corrected chi connectivity index (χ2v) is 14.9. The number of fused-ring (bicyclic) bond motifs is 2. The Bertz CT molecular complexity index is 1320. The molecule has 0 amide bonds. The fourth-order valence-electron chi connectivity index (χ4n) is 11.4. The van der Waals surface area contributed by atoms with E-state index >= 15 is 0 Å². The van der Waals surface area contributed by atoms with Gasteiger partial charge in [-0.15, -0.1) is 0 Å². The van der Waals surface area contributed by atoms with Gasteiger partial charge >= 0.3 is 11.9 Å². The van der Waals surface area contributed by atoms with Gasteiger partial charge in [0.2, 0.25) is 0 Å². The van der Waals surface area contributed by atoms with Crippen LogP contribution in [0, 0.1) is 39.9 Å². The number of cyclic esters (lactones) is 2. The first-order chi connectivity index (χ1) is 19.5. The maximum atomic E-state index is 14.8. The third kappa shape index (κ3) is 2.83. The van der Waals surface area contributed by atoms with Crippen molar-refractivity contribution in [3.05, 3.63) is 24.2 Å². The third-order valence-corrected chi connectivity index (χ3v) is 13.2. The number of carbonyl (C=O) groups is 3. The van der Waals surface area contributed by atoms with Crippen molar-refractivity contribution in [3.63, 3.8) is 0 Å². The van der Waals surface area contributed by atoms with Crippen molar-refractivity contribution in [1.29, 1.82) is 0 Å². The van der Waals surface area contributed by atoms with Crippen LogP contribution in [0.4, 0.5) is 0 Å². The summed E-state index contributed by atoms with van der Waals surface area (Å²) in [7, 11) is 0. The molecule has 0 unspecified atom stereocenters. The molecule has 9 heteroatoms. The van der Waals surface area contributed by atoms with Gasteiger partial charge in [0.15, 0.2) is 11.9 Å². The largest absolute Gasteiger partial charge is 0.472 e. The summed E-state index contributed by atoms with van der Waals surface area (Å²) in [6, 6.07) is 1.80. The standard InChI is InChI=1S/C32H40O9/c1-16(2)17-6-5-9-30(13-17)23-22(34)24(35)29(4)19(31(23)15-38-21(33)12-20(31)40-30)7-10-28(3)25(18-8-11-37-14-18)39-27(36)26-32(28,29)41-26/h8,11,14,16-17,19-20,23-26,35H,5-7,9-10,12-13,15H2,1-4H3/t17-,19-,20-,23-,24+,25-,26+,28+,29+,30-,31+,32-/m0/s1. The lowest BCUT2D eigenvalue weighted by Gasteiger charge is -2.66. The molecule has 0 radical (unpaired) electrons. The minimum Gasteiger partial charge on any atom is -0.472 e. The van der Waals surface area contributed by atoms with Gasteiger partial charge in [-0.2, -0.15) is 0 Å². The molecule has 7 fully saturated rings. The quantitative estimate of drug-likeness (QED) is 0.418. The summed E-state index contributed by atoms with van der Waals surface area (Å²) >= 11 is 0. The lowest BCUT2D eigenvalue weighted by Crippen LogP contribution is -2.76. The Kier molecular flexibility index (Phi) is 5.17. The van der Waals surface area contributed by atoms with Crippen molar-refractivity contribution in [3.8, 4) is 0 Å². The molecule has 0 bridgehead atoms. The Morgan fingerprint density at radius 2 is 1.85 bits per heavy atom. The highest BCUT2D eigenvalue weighted by Gasteiger charge is 2.91. The van der Waals surface area contributed by atoms with Crippen LogP contribution in [0.25, 0.3) is 0 Å². The smallest absolute Gasteiger partial charge is 0.339 e. The van der Waals surface area contributed by atoms with E-state index in [1.807, 2.05) is 6.92 Å². The summed E-state index contributed by atoms with van der Waals surface area (Å²) in [6.07, 6.45) is 4.65. The zero-order chi connectivity index (χ0) is 28.7. The molecule has 1 N–H and O–H groups in total. The Balaban J connectivity index is 1.30. The number of Topliss-reactive ketones (excluding diaryl/α,β-unsaturated/α-hetero) is 1. The average Bonchev–Trinajstić information content (AvgIpc) is 3.39. The Hall–Kier alpha value is -2.23. The van der Waals surface area contributed by atoms with Crippen LogP contribution in [0.1, 0.15) is 84.3 Å². The van der Waals surface area contributed by atoms with E-state index in [1.54, 1.807) is 18.6 Å². The van der Waals surface area contributed by atoms with Gasteiger partial charge in [-0.1, -0.05) is 34.1 Å². The summed E-state index contributed by atoms with van der Waals surface area (Å²) in [5.74, 6) is -1.06. The van der Waals surface area contributed by atoms with Crippen molar-refractivity contribution in [2.75, 3.05) is 6.61 Å². The summed E-state index contributed by atoms with van der Waals surface area (Å²) in [6.45, 7) is 8.50. The molecule has 12 atom stereocenters. The molecule has 3 saturated carbocycles. The molecule has 3 spiro atoms. The maximum Gasteiger partial charge on any atom is 0.339 e. The predicted molar refractivity (Wildman–Crippen MR) is 141 cm³/mol. The monoisotopic (exact) mass is 568 g/mol. The normalized spacial score (nSPS) is 53.5. The number of hydrogen-bond acceptors (Lipinski definition) is 9. The van der Waals surface area contributed by atoms with Crippen LogP contribution in [0.2, 0.25) is 0 Å². The topological polar surface area (TPSA) is 125 Å². The van der Waals surface area contributed by atoms with E-state index in [9.17, 15) is 19.5 Å². The number of esters is 2. The number of hydrogen-bond donors (Lipinski definition) is 1. The third-order valence-electron chi connectivity index (χ3n) is 13.2. The second kappa shape index (κ2) is 8.03. The van der Waals surface area contributed by atoms with Gasteiger partial charge in [0, 0.05) is 21.8 Å². The van der Waals surface area contributed by atoms with E-state index in [2.05, 4.69) is 20.8 Å². The first kappa shape index (κ1) is 26.4. The molecule has 1 aromatic rings. The minimum absolute atomic E-state index is 0.0844.